The van der Waals surface area contributed by atoms with Gasteiger partial charge in [-0.3, -0.25) is 0 Å². The van der Waals surface area contributed by atoms with Crippen molar-refractivity contribution in [1.29, 1.82) is 0 Å². The van der Waals surface area contributed by atoms with Gasteiger partial charge in [-0.05, 0) is 56.7 Å². The monoisotopic (exact) mass is 428 g/mol. The third-order valence-corrected chi connectivity index (χ3v) is 5.31. The van der Waals surface area contributed by atoms with Crippen LogP contribution in [0.15, 0.2) is 65.1 Å². The molecule has 5 aromatic rings. The van der Waals surface area contributed by atoms with Gasteiger partial charge in [0.2, 0.25) is 11.8 Å². The van der Waals surface area contributed by atoms with Crippen molar-refractivity contribution in [3.63, 3.8) is 0 Å². The van der Waals surface area contributed by atoms with Crippen LogP contribution in [0.3, 0.4) is 0 Å². The highest BCUT2D eigenvalue weighted by molar-refractivity contribution is 5.84. The van der Waals surface area contributed by atoms with E-state index in [-0.39, 0.29) is 12.4 Å². The fourth-order valence-electron chi connectivity index (χ4n) is 3.74. The van der Waals surface area contributed by atoms with Gasteiger partial charge in [0, 0.05) is 17.0 Å². The second-order valence-electron chi connectivity index (χ2n) is 7.63. The number of oxazole rings is 1. The summed E-state index contributed by atoms with van der Waals surface area (Å²) in [4.78, 5) is 9.25. The Labute approximate surface area is 184 Å². The van der Waals surface area contributed by atoms with Gasteiger partial charge in [0.05, 0.1) is 11.4 Å². The fraction of sp³-hybridized carbons (Fsp3) is 0.160. The van der Waals surface area contributed by atoms with Gasteiger partial charge in [0.15, 0.2) is 5.65 Å². The SMILES string of the molecule is Cc1oc(-c2ccccc2)nc1COc1cc(C)c2c(C)nn(-c3cccc(F)c3)c2n1. The molecule has 6 nitrogen and oxygen atoms in total. The molecule has 0 unspecified atom stereocenters. The Hall–Kier alpha value is -4.00. The Morgan fingerprint density at radius 1 is 0.969 bits per heavy atom. The smallest absolute Gasteiger partial charge is 0.226 e. The summed E-state index contributed by atoms with van der Waals surface area (Å²) in [6.45, 7) is 5.98. The summed E-state index contributed by atoms with van der Waals surface area (Å²) in [5, 5.41) is 5.50. The molecule has 0 aliphatic rings. The normalized spacial score (nSPS) is 11.2. The molecule has 0 atom stereocenters. The van der Waals surface area contributed by atoms with E-state index in [0.717, 1.165) is 22.2 Å². The van der Waals surface area contributed by atoms with Gasteiger partial charge in [-0.25, -0.2) is 14.1 Å². The zero-order valence-electron chi connectivity index (χ0n) is 18.0. The topological polar surface area (TPSA) is 66.0 Å². The number of nitrogens with zero attached hydrogens (tertiary/aromatic N) is 4. The molecular weight excluding hydrogens is 407 g/mol. The lowest BCUT2D eigenvalue weighted by Crippen LogP contribution is -2.02. The molecule has 0 aliphatic carbocycles. The van der Waals surface area contributed by atoms with Crippen LogP contribution in [-0.4, -0.2) is 19.7 Å². The lowest BCUT2D eigenvalue weighted by atomic mass is 10.2. The molecule has 3 heterocycles. The lowest BCUT2D eigenvalue weighted by Gasteiger charge is -2.08. The van der Waals surface area contributed by atoms with Crippen LogP contribution >= 0.6 is 0 Å². The van der Waals surface area contributed by atoms with E-state index < -0.39 is 0 Å². The number of rotatable bonds is 5. The predicted octanol–water partition coefficient (Wildman–Crippen LogP) is 5.72. The lowest BCUT2D eigenvalue weighted by molar-refractivity contribution is 0.288. The molecule has 0 radical (unpaired) electrons. The summed E-state index contributed by atoms with van der Waals surface area (Å²) < 4.78 is 27.2. The van der Waals surface area contributed by atoms with Crippen LogP contribution in [0.2, 0.25) is 0 Å². The molecule has 160 valence electrons. The minimum Gasteiger partial charge on any atom is -0.471 e. The van der Waals surface area contributed by atoms with E-state index in [0.29, 0.717) is 34.6 Å². The number of aryl methyl sites for hydroxylation is 3. The third kappa shape index (κ3) is 3.62. The van der Waals surface area contributed by atoms with Crippen LogP contribution in [0, 0.1) is 26.6 Å². The van der Waals surface area contributed by atoms with Gasteiger partial charge in [0.25, 0.3) is 0 Å². The highest BCUT2D eigenvalue weighted by Gasteiger charge is 2.17. The first-order chi connectivity index (χ1) is 15.5. The minimum atomic E-state index is -0.330. The maximum Gasteiger partial charge on any atom is 0.226 e. The molecule has 7 heteroatoms. The molecule has 0 saturated heterocycles. The number of hydrogen-bond donors (Lipinski definition) is 0. The van der Waals surface area contributed by atoms with E-state index in [4.69, 9.17) is 9.15 Å². The van der Waals surface area contributed by atoms with Crippen LogP contribution in [-0.2, 0) is 6.61 Å². The largest absolute Gasteiger partial charge is 0.471 e. The zero-order valence-corrected chi connectivity index (χ0v) is 18.0. The van der Waals surface area contributed by atoms with E-state index in [9.17, 15) is 4.39 Å². The summed E-state index contributed by atoms with van der Waals surface area (Å²) in [7, 11) is 0. The summed E-state index contributed by atoms with van der Waals surface area (Å²) >= 11 is 0. The maximum atomic E-state index is 13.8. The van der Waals surface area contributed by atoms with Gasteiger partial charge < -0.3 is 9.15 Å². The molecule has 0 spiro atoms. The Balaban J connectivity index is 1.47. The summed E-state index contributed by atoms with van der Waals surface area (Å²) in [5.41, 5.74) is 4.63. The quantitative estimate of drug-likeness (QED) is 0.358. The number of fused-ring (bicyclic) bond motifs is 1. The first-order valence-corrected chi connectivity index (χ1v) is 10.3. The van der Waals surface area contributed by atoms with E-state index in [2.05, 4.69) is 15.1 Å². The van der Waals surface area contributed by atoms with Crippen LogP contribution in [0.4, 0.5) is 4.39 Å². The Morgan fingerprint density at radius 3 is 2.56 bits per heavy atom. The number of hydrogen-bond acceptors (Lipinski definition) is 5. The number of ether oxygens (including phenoxy) is 1. The Morgan fingerprint density at radius 2 is 1.78 bits per heavy atom. The summed E-state index contributed by atoms with van der Waals surface area (Å²) in [6, 6.07) is 17.9. The fourth-order valence-corrected chi connectivity index (χ4v) is 3.74. The average molecular weight is 428 g/mol. The number of halogens is 1. The molecule has 5 rings (SSSR count). The highest BCUT2D eigenvalue weighted by Crippen LogP contribution is 2.28. The number of pyridine rings is 1. The van der Waals surface area contributed by atoms with Crippen molar-refractivity contribution < 1.29 is 13.5 Å². The van der Waals surface area contributed by atoms with Crippen molar-refractivity contribution in [1.82, 2.24) is 19.7 Å². The highest BCUT2D eigenvalue weighted by atomic mass is 19.1. The first-order valence-electron chi connectivity index (χ1n) is 10.3. The van der Waals surface area contributed by atoms with Gasteiger partial charge in [-0.15, -0.1) is 0 Å². The van der Waals surface area contributed by atoms with Crippen LogP contribution in [0.5, 0.6) is 5.88 Å². The molecule has 0 bridgehead atoms. The van der Waals surface area contributed by atoms with Crippen molar-refractivity contribution in [2.75, 3.05) is 0 Å². The molecule has 32 heavy (non-hydrogen) atoms. The second kappa shape index (κ2) is 7.92. The average Bonchev–Trinajstić information content (AvgIpc) is 3.33. The van der Waals surface area contributed by atoms with Crippen LogP contribution in [0.1, 0.15) is 22.7 Å². The molecule has 0 aliphatic heterocycles. The van der Waals surface area contributed by atoms with Crippen molar-refractivity contribution in [3.8, 4) is 23.0 Å². The van der Waals surface area contributed by atoms with Crippen LogP contribution < -0.4 is 4.74 Å². The molecule has 2 aromatic carbocycles. The van der Waals surface area contributed by atoms with Crippen molar-refractivity contribution in [2.24, 2.45) is 0 Å². The van der Waals surface area contributed by atoms with Crippen LogP contribution in [0.25, 0.3) is 28.2 Å². The predicted molar refractivity (Wildman–Crippen MR) is 119 cm³/mol. The zero-order chi connectivity index (χ0) is 22.2. The Bertz CT molecular complexity index is 1420. The second-order valence-corrected chi connectivity index (χ2v) is 7.63. The van der Waals surface area contributed by atoms with E-state index in [1.165, 1.54) is 12.1 Å². The van der Waals surface area contributed by atoms with Crippen molar-refractivity contribution in [2.45, 2.75) is 27.4 Å². The van der Waals surface area contributed by atoms with E-state index in [1.807, 2.05) is 57.2 Å². The Kier molecular flexibility index (Phi) is 4.93. The van der Waals surface area contributed by atoms with Gasteiger partial charge in [-0.1, -0.05) is 24.3 Å². The van der Waals surface area contributed by atoms with Gasteiger partial charge >= 0.3 is 0 Å². The minimum absolute atomic E-state index is 0.215. The molecule has 3 aromatic heterocycles. The third-order valence-electron chi connectivity index (χ3n) is 5.31. The summed E-state index contributed by atoms with van der Waals surface area (Å²) in [6.07, 6.45) is 0. The molecule has 0 N–H and O–H groups in total. The summed E-state index contributed by atoms with van der Waals surface area (Å²) in [5.74, 6) is 1.36. The van der Waals surface area contributed by atoms with Crippen molar-refractivity contribution in [3.05, 3.63) is 89.2 Å². The number of aromatic nitrogens is 4. The standard InChI is InChI=1S/C25H21FN4O2/c1-15-12-22(31-14-21-17(3)32-25(27-21)18-8-5-4-6-9-18)28-24-23(15)16(2)29-30(24)20-11-7-10-19(26)13-20/h4-13H,14H2,1-3H3. The maximum absolute atomic E-state index is 13.8. The number of benzene rings is 2. The molecule has 0 saturated carbocycles. The molecular formula is C25H21FN4O2. The first kappa shape index (κ1) is 19.9. The van der Waals surface area contributed by atoms with Crippen molar-refractivity contribution >= 4 is 11.0 Å². The molecule has 0 amide bonds. The van der Waals surface area contributed by atoms with Gasteiger partial charge in [0.1, 0.15) is 23.9 Å². The van der Waals surface area contributed by atoms with E-state index >= 15 is 0 Å². The van der Waals surface area contributed by atoms with E-state index in [1.54, 1.807) is 16.8 Å². The molecule has 0 fully saturated rings. The van der Waals surface area contributed by atoms with Gasteiger partial charge in [-0.2, -0.15) is 10.1 Å².